The van der Waals surface area contributed by atoms with Crippen molar-refractivity contribution >= 4 is 5.91 Å². The van der Waals surface area contributed by atoms with Crippen molar-refractivity contribution in [1.82, 2.24) is 10.2 Å². The van der Waals surface area contributed by atoms with E-state index in [1.165, 1.54) is 0 Å². The van der Waals surface area contributed by atoms with Crippen LogP contribution in [0.4, 0.5) is 0 Å². The molecule has 2 aromatic carbocycles. The molecule has 0 bridgehead atoms. The van der Waals surface area contributed by atoms with Gasteiger partial charge in [0.2, 0.25) is 12.7 Å². The fourth-order valence-electron chi connectivity index (χ4n) is 2.45. The average Bonchev–Trinajstić information content (AvgIpc) is 3.03. The summed E-state index contributed by atoms with van der Waals surface area (Å²) in [5, 5.41) is 3.17. The zero-order valence-corrected chi connectivity index (χ0v) is 13.1. The van der Waals surface area contributed by atoms with Crippen LogP contribution in [0.15, 0.2) is 48.5 Å². The van der Waals surface area contributed by atoms with Gasteiger partial charge in [0, 0.05) is 20.1 Å². The van der Waals surface area contributed by atoms with Crippen LogP contribution in [0.2, 0.25) is 0 Å². The van der Waals surface area contributed by atoms with Gasteiger partial charge in [-0.3, -0.25) is 4.79 Å². The molecule has 0 atom stereocenters. The first-order chi connectivity index (χ1) is 11.2. The van der Waals surface area contributed by atoms with Gasteiger partial charge in [-0.1, -0.05) is 36.4 Å². The predicted octanol–water partition coefficient (Wildman–Crippen LogP) is 2.16. The van der Waals surface area contributed by atoms with Gasteiger partial charge in [-0.05, 0) is 23.3 Å². The van der Waals surface area contributed by atoms with Gasteiger partial charge in [0.05, 0.1) is 6.54 Å². The van der Waals surface area contributed by atoms with Crippen molar-refractivity contribution in [2.45, 2.75) is 13.1 Å². The smallest absolute Gasteiger partial charge is 0.236 e. The predicted molar refractivity (Wildman–Crippen MR) is 87.2 cm³/mol. The maximum atomic E-state index is 12.1. The van der Waals surface area contributed by atoms with Gasteiger partial charge >= 0.3 is 0 Å². The normalized spacial score (nSPS) is 12.2. The summed E-state index contributed by atoms with van der Waals surface area (Å²) >= 11 is 0. The highest BCUT2D eigenvalue weighted by Crippen LogP contribution is 2.32. The van der Waals surface area contributed by atoms with E-state index < -0.39 is 0 Å². The molecule has 2 aromatic rings. The Morgan fingerprint density at radius 2 is 1.87 bits per heavy atom. The maximum absolute atomic E-state index is 12.1. The SMILES string of the molecule is CN(Cc1ccccc1)C(=O)CNCc1ccc2c(c1)OCO2. The van der Waals surface area contributed by atoms with Crippen LogP contribution in [0.5, 0.6) is 11.5 Å². The summed E-state index contributed by atoms with van der Waals surface area (Å²) in [4.78, 5) is 13.9. The Balaban J connectivity index is 1.45. The van der Waals surface area contributed by atoms with Crippen molar-refractivity contribution in [2.75, 3.05) is 20.4 Å². The molecule has 1 amide bonds. The number of amides is 1. The van der Waals surface area contributed by atoms with Crippen LogP contribution in [-0.4, -0.2) is 31.2 Å². The molecule has 5 heteroatoms. The number of ether oxygens (including phenoxy) is 2. The molecule has 0 unspecified atom stereocenters. The molecule has 0 aliphatic carbocycles. The van der Waals surface area contributed by atoms with Crippen molar-refractivity contribution < 1.29 is 14.3 Å². The van der Waals surface area contributed by atoms with E-state index in [-0.39, 0.29) is 12.7 Å². The van der Waals surface area contributed by atoms with E-state index in [1.807, 2.05) is 55.6 Å². The standard InChI is InChI=1S/C18H20N2O3/c1-20(12-14-5-3-2-4-6-14)18(21)11-19-10-15-7-8-16-17(9-15)23-13-22-16/h2-9,19H,10-13H2,1H3. The minimum Gasteiger partial charge on any atom is -0.454 e. The molecular weight excluding hydrogens is 292 g/mol. The average molecular weight is 312 g/mol. The first-order valence-electron chi connectivity index (χ1n) is 7.59. The summed E-state index contributed by atoms with van der Waals surface area (Å²) in [6, 6.07) is 15.8. The Morgan fingerprint density at radius 3 is 2.70 bits per heavy atom. The minimum atomic E-state index is 0.0644. The van der Waals surface area contributed by atoms with Gasteiger partial charge in [0.25, 0.3) is 0 Å². The van der Waals surface area contributed by atoms with E-state index >= 15 is 0 Å². The number of benzene rings is 2. The van der Waals surface area contributed by atoms with E-state index in [0.29, 0.717) is 19.6 Å². The number of rotatable bonds is 6. The number of hydrogen-bond acceptors (Lipinski definition) is 4. The molecule has 120 valence electrons. The molecule has 5 nitrogen and oxygen atoms in total. The second kappa shape index (κ2) is 7.15. The number of fused-ring (bicyclic) bond motifs is 1. The van der Waals surface area contributed by atoms with Gasteiger partial charge in [0.1, 0.15) is 0 Å². The molecule has 0 saturated carbocycles. The lowest BCUT2D eigenvalue weighted by atomic mass is 10.2. The monoisotopic (exact) mass is 312 g/mol. The van der Waals surface area contributed by atoms with Gasteiger partial charge < -0.3 is 19.7 Å². The number of nitrogens with zero attached hydrogens (tertiary/aromatic N) is 1. The van der Waals surface area contributed by atoms with Crippen LogP contribution in [0.3, 0.4) is 0 Å². The Bertz CT molecular complexity index is 673. The van der Waals surface area contributed by atoms with Crippen molar-refractivity contribution in [1.29, 1.82) is 0 Å². The molecule has 1 N–H and O–H groups in total. The third-order valence-electron chi connectivity index (χ3n) is 3.73. The number of likely N-dealkylation sites (N-methyl/N-ethyl adjacent to an activating group) is 1. The van der Waals surface area contributed by atoms with Crippen molar-refractivity contribution in [3.05, 3.63) is 59.7 Å². The first kappa shape index (κ1) is 15.4. The summed E-state index contributed by atoms with van der Waals surface area (Å²) < 4.78 is 10.6. The zero-order chi connectivity index (χ0) is 16.1. The fourth-order valence-corrected chi connectivity index (χ4v) is 2.45. The summed E-state index contributed by atoms with van der Waals surface area (Å²) in [5.74, 6) is 1.60. The van der Waals surface area contributed by atoms with Crippen LogP contribution in [0, 0.1) is 0 Å². The third-order valence-corrected chi connectivity index (χ3v) is 3.73. The summed E-state index contributed by atoms with van der Waals surface area (Å²) in [6.07, 6.45) is 0. The van der Waals surface area contributed by atoms with Crippen LogP contribution in [-0.2, 0) is 17.9 Å². The molecule has 0 aromatic heterocycles. The van der Waals surface area contributed by atoms with Gasteiger partial charge in [-0.25, -0.2) is 0 Å². The number of carbonyl (C=O) groups is 1. The summed E-state index contributed by atoms with van der Waals surface area (Å²) in [6.45, 7) is 1.81. The first-order valence-corrected chi connectivity index (χ1v) is 7.59. The number of nitrogens with one attached hydrogen (secondary N) is 1. The fraction of sp³-hybridized carbons (Fsp3) is 0.278. The second-order valence-electron chi connectivity index (χ2n) is 5.53. The molecule has 0 spiro atoms. The lowest BCUT2D eigenvalue weighted by molar-refractivity contribution is -0.129. The third kappa shape index (κ3) is 4.02. The lowest BCUT2D eigenvalue weighted by Crippen LogP contribution is -2.34. The highest BCUT2D eigenvalue weighted by atomic mass is 16.7. The minimum absolute atomic E-state index is 0.0644. The van der Waals surface area contributed by atoms with Gasteiger partial charge in [0.15, 0.2) is 11.5 Å². The van der Waals surface area contributed by atoms with Crippen molar-refractivity contribution in [2.24, 2.45) is 0 Å². The molecule has 1 heterocycles. The Labute approximate surface area is 135 Å². The molecule has 23 heavy (non-hydrogen) atoms. The zero-order valence-electron chi connectivity index (χ0n) is 13.1. The lowest BCUT2D eigenvalue weighted by Gasteiger charge is -2.17. The van der Waals surface area contributed by atoms with E-state index in [4.69, 9.17) is 9.47 Å². The Kier molecular flexibility index (Phi) is 4.78. The Morgan fingerprint density at radius 1 is 1.09 bits per heavy atom. The van der Waals surface area contributed by atoms with Crippen LogP contribution < -0.4 is 14.8 Å². The second-order valence-corrected chi connectivity index (χ2v) is 5.53. The summed E-state index contributed by atoms with van der Waals surface area (Å²) in [5.41, 5.74) is 2.19. The highest BCUT2D eigenvalue weighted by Gasteiger charge is 2.13. The topological polar surface area (TPSA) is 50.8 Å². The van der Waals surface area contributed by atoms with Gasteiger partial charge in [-0.2, -0.15) is 0 Å². The van der Waals surface area contributed by atoms with Crippen LogP contribution >= 0.6 is 0 Å². The van der Waals surface area contributed by atoms with Gasteiger partial charge in [-0.15, -0.1) is 0 Å². The Hall–Kier alpha value is -2.53. The molecule has 0 fully saturated rings. The largest absolute Gasteiger partial charge is 0.454 e. The van der Waals surface area contributed by atoms with Crippen LogP contribution in [0.25, 0.3) is 0 Å². The quantitative estimate of drug-likeness (QED) is 0.888. The van der Waals surface area contributed by atoms with Crippen molar-refractivity contribution in [3.8, 4) is 11.5 Å². The van der Waals surface area contributed by atoms with Crippen molar-refractivity contribution in [3.63, 3.8) is 0 Å². The summed E-state index contributed by atoms with van der Waals surface area (Å²) in [7, 11) is 1.82. The molecule has 0 radical (unpaired) electrons. The molecular formula is C18H20N2O3. The van der Waals surface area contributed by atoms with E-state index in [2.05, 4.69) is 5.32 Å². The maximum Gasteiger partial charge on any atom is 0.236 e. The van der Waals surface area contributed by atoms with E-state index in [9.17, 15) is 4.79 Å². The molecule has 3 rings (SSSR count). The molecule has 1 aliphatic heterocycles. The van der Waals surface area contributed by atoms with Crippen LogP contribution in [0.1, 0.15) is 11.1 Å². The van der Waals surface area contributed by atoms with E-state index in [1.54, 1.807) is 4.90 Å². The number of hydrogen-bond donors (Lipinski definition) is 1. The number of carbonyl (C=O) groups excluding carboxylic acids is 1. The molecule has 0 saturated heterocycles. The molecule has 1 aliphatic rings. The highest BCUT2D eigenvalue weighted by molar-refractivity contribution is 5.77. The van der Waals surface area contributed by atoms with E-state index in [0.717, 1.165) is 22.6 Å².